The van der Waals surface area contributed by atoms with Gasteiger partial charge in [-0.1, -0.05) is 68.7 Å². The van der Waals surface area contributed by atoms with Crippen LogP contribution in [-0.4, -0.2) is 119 Å². The Morgan fingerprint density at radius 1 is 0.295 bits per heavy atom. The van der Waals surface area contributed by atoms with Crippen LogP contribution in [0, 0.1) is 6.57 Å². The number of aryl methyl sites for hydroxylation is 1. The molecule has 22 heteroatoms. The molecule has 0 aliphatic rings. The van der Waals surface area contributed by atoms with Gasteiger partial charge in [0.1, 0.15) is 0 Å². The lowest BCUT2D eigenvalue weighted by atomic mass is 10.1. The SMILES string of the molecule is CCCCCCc1ccc(N=Nc2ccc(N(CCN)CCN)cc2)cc1.CN(C)c1ccc(N=Nc2ccc(N(CCN)CCN)cc2)cc1.NCCN(CCN)c1ccc(N=Nc2ccccc2)cc1.[C-]#[N+]c1ccc(N=Nc2ccc(N(CCN)CCN)cc2)cc1. The Morgan fingerprint density at radius 2 is 0.537 bits per heavy atom. The molecule has 0 aliphatic carbocycles. The van der Waals surface area contributed by atoms with Gasteiger partial charge < -0.3 is 70.4 Å². The third-order valence-electron chi connectivity index (χ3n) is 14.5. The highest BCUT2D eigenvalue weighted by atomic mass is 15.2. The lowest BCUT2D eigenvalue weighted by Gasteiger charge is -2.23. The first-order valence-electron chi connectivity index (χ1n) is 32.6. The summed E-state index contributed by atoms with van der Waals surface area (Å²) in [6, 6.07) is 64.7. The van der Waals surface area contributed by atoms with Gasteiger partial charge in [0.15, 0.2) is 5.69 Å². The molecule has 502 valence electrons. The molecule has 8 aromatic rings. The quantitative estimate of drug-likeness (QED) is 0.0106. The summed E-state index contributed by atoms with van der Waals surface area (Å²) >= 11 is 0. The van der Waals surface area contributed by atoms with Crippen molar-refractivity contribution in [2.45, 2.75) is 39.0 Å². The van der Waals surface area contributed by atoms with Gasteiger partial charge in [-0.25, -0.2) is 4.85 Å². The van der Waals surface area contributed by atoms with Gasteiger partial charge in [-0.15, -0.1) is 0 Å². The third-order valence-corrected chi connectivity index (χ3v) is 14.5. The molecule has 0 fully saturated rings. The zero-order chi connectivity index (χ0) is 68.1. The van der Waals surface area contributed by atoms with Gasteiger partial charge in [-0.3, -0.25) is 0 Å². The molecule has 0 spiro atoms. The number of benzene rings is 8. The lowest BCUT2D eigenvalue weighted by molar-refractivity contribution is 0.667. The molecular weight excluding hydrogens is 1180 g/mol. The van der Waals surface area contributed by atoms with Crippen LogP contribution >= 0.6 is 0 Å². The van der Waals surface area contributed by atoms with Crippen molar-refractivity contribution < 1.29 is 0 Å². The van der Waals surface area contributed by atoms with Gasteiger partial charge in [0, 0.05) is 147 Å². The fourth-order valence-electron chi connectivity index (χ4n) is 9.50. The predicted octanol–water partition coefficient (Wildman–Crippen LogP) is 14.0. The van der Waals surface area contributed by atoms with E-state index >= 15 is 0 Å². The summed E-state index contributed by atoms with van der Waals surface area (Å²) in [6.07, 6.45) is 6.30. The minimum Gasteiger partial charge on any atom is -0.378 e. The van der Waals surface area contributed by atoms with Gasteiger partial charge in [-0.2, -0.15) is 40.9 Å². The molecule has 0 unspecified atom stereocenters. The second-order valence-electron chi connectivity index (χ2n) is 22.0. The van der Waals surface area contributed by atoms with Crippen molar-refractivity contribution in [3.8, 4) is 0 Å². The molecule has 0 saturated carbocycles. The van der Waals surface area contributed by atoms with Crippen molar-refractivity contribution in [1.29, 1.82) is 0 Å². The van der Waals surface area contributed by atoms with E-state index in [1.165, 1.54) is 31.2 Å². The first kappa shape index (κ1) is 76.0. The van der Waals surface area contributed by atoms with E-state index in [4.69, 9.17) is 52.4 Å². The molecule has 0 heterocycles. The van der Waals surface area contributed by atoms with Gasteiger partial charge in [0.2, 0.25) is 0 Å². The van der Waals surface area contributed by atoms with E-state index in [2.05, 4.69) is 84.4 Å². The Morgan fingerprint density at radius 3 is 0.779 bits per heavy atom. The maximum Gasteiger partial charge on any atom is 0.187 e. The third kappa shape index (κ3) is 29.0. The van der Waals surface area contributed by atoms with Gasteiger partial charge >= 0.3 is 0 Å². The summed E-state index contributed by atoms with van der Waals surface area (Å²) in [6.45, 7) is 20.2. The molecule has 0 saturated heterocycles. The molecule has 0 aromatic heterocycles. The predicted molar refractivity (Wildman–Crippen MR) is 398 cm³/mol. The van der Waals surface area contributed by atoms with E-state index in [-0.39, 0.29) is 0 Å². The van der Waals surface area contributed by atoms with E-state index in [0.29, 0.717) is 58.0 Å². The van der Waals surface area contributed by atoms with Crippen molar-refractivity contribution in [3.05, 3.63) is 217 Å². The summed E-state index contributed by atoms with van der Waals surface area (Å²) in [5.74, 6) is 0. The second kappa shape index (κ2) is 45.6. The van der Waals surface area contributed by atoms with Crippen LogP contribution in [0.1, 0.15) is 38.2 Å². The summed E-state index contributed by atoms with van der Waals surface area (Å²) in [4.78, 5) is 14.0. The average Bonchev–Trinajstić information content (AvgIpc) is 1.67. The van der Waals surface area contributed by atoms with Crippen LogP contribution in [0.2, 0.25) is 0 Å². The number of hydrogen-bond acceptors (Lipinski definition) is 21. The minimum atomic E-state index is 0.585. The van der Waals surface area contributed by atoms with Crippen LogP contribution in [0.25, 0.3) is 4.85 Å². The van der Waals surface area contributed by atoms with Crippen LogP contribution in [0.3, 0.4) is 0 Å². The van der Waals surface area contributed by atoms with Gasteiger partial charge in [0.25, 0.3) is 0 Å². The van der Waals surface area contributed by atoms with Crippen LogP contribution < -0.4 is 70.4 Å². The molecule has 16 N–H and O–H groups in total. The van der Waals surface area contributed by atoms with E-state index in [1.54, 1.807) is 24.3 Å². The van der Waals surface area contributed by atoms with Crippen molar-refractivity contribution >= 4 is 79.6 Å². The first-order valence-corrected chi connectivity index (χ1v) is 32.6. The molecule has 0 atom stereocenters. The number of nitrogens with zero attached hydrogens (tertiary/aromatic N) is 14. The fraction of sp³-hybridized carbons (Fsp3) is 0.329. The van der Waals surface area contributed by atoms with Crippen molar-refractivity contribution in [2.24, 2.45) is 86.8 Å². The number of rotatable bonds is 34. The van der Waals surface area contributed by atoms with Gasteiger partial charge in [-0.05, 0) is 176 Å². The van der Waals surface area contributed by atoms with E-state index in [0.717, 1.165) is 133 Å². The van der Waals surface area contributed by atoms with E-state index in [1.807, 2.05) is 183 Å². The highest BCUT2D eigenvalue weighted by Gasteiger charge is 2.09. The van der Waals surface area contributed by atoms with Crippen molar-refractivity contribution in [1.82, 2.24) is 0 Å². The molecule has 95 heavy (non-hydrogen) atoms. The highest BCUT2D eigenvalue weighted by molar-refractivity contribution is 5.58. The topological polar surface area (TPSA) is 328 Å². The van der Waals surface area contributed by atoms with Crippen LogP contribution in [0.4, 0.5) is 79.6 Å². The Kier molecular flexibility index (Phi) is 36.5. The number of nitrogens with two attached hydrogens (primary N) is 8. The molecule has 0 aliphatic heterocycles. The van der Waals surface area contributed by atoms with E-state index in [9.17, 15) is 0 Å². The summed E-state index contributed by atoms with van der Waals surface area (Å²) < 4.78 is 0. The molecule has 0 radical (unpaired) electrons. The summed E-state index contributed by atoms with van der Waals surface area (Å²) in [5.41, 5.74) is 59.1. The smallest absolute Gasteiger partial charge is 0.187 e. The maximum atomic E-state index is 6.92. The van der Waals surface area contributed by atoms with Crippen LogP contribution in [0.15, 0.2) is 241 Å². The molecule has 22 nitrogen and oxygen atoms in total. The summed E-state index contributed by atoms with van der Waals surface area (Å²) in [5, 5.41) is 34.0. The van der Waals surface area contributed by atoms with Gasteiger partial charge in [0.05, 0.1) is 52.1 Å². The molecule has 8 aromatic carbocycles. The Bertz CT molecular complexity index is 3430. The molecule has 8 rings (SSSR count). The summed E-state index contributed by atoms with van der Waals surface area (Å²) in [7, 11) is 4.02. The average molecular weight is 1290 g/mol. The Labute approximate surface area is 563 Å². The van der Waals surface area contributed by atoms with E-state index < -0.39 is 0 Å². The number of hydrogen-bond donors (Lipinski definition) is 8. The second-order valence-corrected chi connectivity index (χ2v) is 22.0. The number of unbranched alkanes of at least 4 members (excludes halogenated alkanes) is 3. The highest BCUT2D eigenvalue weighted by Crippen LogP contribution is 2.28. The first-order chi connectivity index (χ1) is 46.5. The number of azo groups is 4. The molecule has 0 bridgehead atoms. The minimum absolute atomic E-state index is 0.585. The maximum absolute atomic E-state index is 6.92. The van der Waals surface area contributed by atoms with Crippen molar-refractivity contribution in [3.63, 3.8) is 0 Å². The largest absolute Gasteiger partial charge is 0.378 e. The fourth-order valence-corrected chi connectivity index (χ4v) is 9.50. The number of anilines is 5. The van der Waals surface area contributed by atoms with Crippen LogP contribution in [-0.2, 0) is 6.42 Å². The standard InChI is InChI=1S/C22H33N5.C18H26N6.C17H20N6.C16H21N5/c1-2-3-4-5-6-19-7-9-20(10-8-19)25-26-21-11-13-22(14-12-21)27(17-15-23)18-16-24;1-23(2)17-7-3-15(4-8-17)21-22-16-5-9-18(10-6-16)24(13-11-19)14-12-20;1-20-14-2-4-15(5-3-14)21-22-16-6-8-17(9-7-16)23(12-10-18)13-11-19;17-10-12-21(13-11-18)16-8-6-15(7-9-16)20-19-14-4-2-1-3-5-14/h7-14H,2-6,15-18,23-24H2,1H3;3-10H,11-14,19-20H2,1-2H3;2-9H,10-13,18-19H2;1-9H,10-13,17-18H2. The Hall–Kier alpha value is -9.67. The molecular formula is C73H100N22. The Balaban J connectivity index is 0.000000230. The lowest BCUT2D eigenvalue weighted by Crippen LogP contribution is -2.33. The zero-order valence-electron chi connectivity index (χ0n) is 55.8. The normalized spacial score (nSPS) is 11.0. The zero-order valence-corrected chi connectivity index (χ0v) is 55.8. The molecule has 0 amide bonds. The van der Waals surface area contributed by atoms with Crippen molar-refractivity contribution in [2.75, 3.05) is 143 Å². The monoisotopic (exact) mass is 1280 g/mol. The van der Waals surface area contributed by atoms with Crippen LogP contribution in [0.5, 0.6) is 0 Å².